The molecule has 1 atom stereocenters. The Bertz CT molecular complexity index is 820. The van der Waals surface area contributed by atoms with Gasteiger partial charge in [-0.3, -0.25) is 14.6 Å². The number of nitrogens with zero attached hydrogens (tertiary/aromatic N) is 1. The number of aromatic amines is 1. The van der Waals surface area contributed by atoms with E-state index >= 15 is 0 Å². The van der Waals surface area contributed by atoms with E-state index in [0.29, 0.717) is 23.2 Å². The zero-order valence-electron chi connectivity index (χ0n) is 10.7. The second-order valence-corrected chi connectivity index (χ2v) is 7.10. The number of nitrogens with one attached hydrogen (secondary N) is 2. The van der Waals surface area contributed by atoms with Crippen molar-refractivity contribution in [2.75, 3.05) is 6.54 Å². The van der Waals surface area contributed by atoms with E-state index in [4.69, 9.17) is 0 Å². The van der Waals surface area contributed by atoms with Crippen molar-refractivity contribution in [3.8, 4) is 0 Å². The number of thiophene rings is 1. The summed E-state index contributed by atoms with van der Waals surface area (Å²) < 4.78 is 1.86. The van der Waals surface area contributed by atoms with Crippen molar-refractivity contribution in [1.29, 1.82) is 0 Å². The average Bonchev–Trinajstić information content (AvgIpc) is 2.67. The third-order valence-electron chi connectivity index (χ3n) is 3.53. The van der Waals surface area contributed by atoms with Crippen molar-refractivity contribution in [2.24, 2.45) is 0 Å². The molecule has 2 aromatic rings. The van der Waals surface area contributed by atoms with E-state index in [-0.39, 0.29) is 5.91 Å². The SMILES string of the molecule is Cc1c(Br)sc2[nH]c(=O)n(C3CCCNC3=O)c(=O)c12. The van der Waals surface area contributed by atoms with Crippen molar-refractivity contribution in [1.82, 2.24) is 14.9 Å². The molecule has 1 fully saturated rings. The molecule has 2 aromatic heterocycles. The Morgan fingerprint density at radius 1 is 1.35 bits per heavy atom. The Morgan fingerprint density at radius 3 is 2.80 bits per heavy atom. The molecule has 3 rings (SSSR count). The van der Waals surface area contributed by atoms with Crippen LogP contribution in [-0.2, 0) is 4.79 Å². The molecule has 0 radical (unpaired) electrons. The topological polar surface area (TPSA) is 84.0 Å². The maximum atomic E-state index is 12.6. The normalized spacial score (nSPS) is 19.3. The van der Waals surface area contributed by atoms with Gasteiger partial charge < -0.3 is 5.32 Å². The van der Waals surface area contributed by atoms with E-state index in [1.165, 1.54) is 11.3 Å². The molecule has 20 heavy (non-hydrogen) atoms. The highest BCUT2D eigenvalue weighted by molar-refractivity contribution is 9.11. The Kier molecular flexibility index (Phi) is 3.29. The molecule has 1 saturated heterocycles. The molecule has 1 unspecified atom stereocenters. The van der Waals surface area contributed by atoms with Crippen molar-refractivity contribution in [2.45, 2.75) is 25.8 Å². The highest BCUT2D eigenvalue weighted by atomic mass is 79.9. The second-order valence-electron chi connectivity index (χ2n) is 4.76. The smallest absolute Gasteiger partial charge is 0.330 e. The summed E-state index contributed by atoms with van der Waals surface area (Å²) in [7, 11) is 0. The first-order valence-electron chi connectivity index (χ1n) is 6.22. The quantitative estimate of drug-likeness (QED) is 0.805. The number of hydrogen-bond donors (Lipinski definition) is 2. The van der Waals surface area contributed by atoms with Gasteiger partial charge in [0.15, 0.2) is 0 Å². The summed E-state index contributed by atoms with van der Waals surface area (Å²) in [4.78, 5) is 39.8. The fraction of sp³-hybridized carbons (Fsp3) is 0.417. The second kappa shape index (κ2) is 4.85. The summed E-state index contributed by atoms with van der Waals surface area (Å²) in [5.41, 5.74) is -0.139. The zero-order valence-corrected chi connectivity index (χ0v) is 13.1. The van der Waals surface area contributed by atoms with Crippen molar-refractivity contribution in [3.63, 3.8) is 0 Å². The molecule has 6 nitrogen and oxygen atoms in total. The number of piperidine rings is 1. The largest absolute Gasteiger partial charge is 0.354 e. The molecular weight excluding hydrogens is 346 g/mol. The molecular formula is C12H12BrN3O3S. The number of carbonyl (C=O) groups is 1. The van der Waals surface area contributed by atoms with E-state index in [2.05, 4.69) is 26.2 Å². The summed E-state index contributed by atoms with van der Waals surface area (Å²) in [6.07, 6.45) is 1.26. The van der Waals surface area contributed by atoms with E-state index in [1.807, 2.05) is 6.92 Å². The van der Waals surface area contributed by atoms with Gasteiger partial charge >= 0.3 is 5.69 Å². The first-order chi connectivity index (χ1) is 9.50. The molecule has 106 valence electrons. The molecule has 1 aliphatic heterocycles. The number of amides is 1. The van der Waals surface area contributed by atoms with Gasteiger partial charge in [0.25, 0.3) is 5.56 Å². The monoisotopic (exact) mass is 357 g/mol. The van der Waals surface area contributed by atoms with Gasteiger partial charge in [-0.25, -0.2) is 9.36 Å². The molecule has 2 N–H and O–H groups in total. The van der Waals surface area contributed by atoms with Crippen LogP contribution in [0.4, 0.5) is 0 Å². The van der Waals surface area contributed by atoms with Gasteiger partial charge in [-0.2, -0.15) is 0 Å². The number of halogens is 1. The minimum absolute atomic E-state index is 0.268. The van der Waals surface area contributed by atoms with Gasteiger partial charge in [0.05, 0.1) is 9.17 Å². The first-order valence-corrected chi connectivity index (χ1v) is 7.82. The van der Waals surface area contributed by atoms with Crippen molar-refractivity contribution in [3.05, 3.63) is 30.2 Å². The van der Waals surface area contributed by atoms with Crippen LogP contribution in [0.15, 0.2) is 13.4 Å². The van der Waals surface area contributed by atoms with E-state index in [1.54, 1.807) is 0 Å². The number of aryl methyl sites for hydroxylation is 1. The van der Waals surface area contributed by atoms with Gasteiger partial charge in [0.1, 0.15) is 10.9 Å². The maximum Gasteiger partial charge on any atom is 0.330 e. The van der Waals surface area contributed by atoms with E-state index < -0.39 is 17.3 Å². The fourth-order valence-electron chi connectivity index (χ4n) is 2.49. The Morgan fingerprint density at radius 2 is 2.10 bits per heavy atom. The molecule has 8 heteroatoms. The predicted octanol–water partition coefficient (Wildman–Crippen LogP) is 1.27. The summed E-state index contributed by atoms with van der Waals surface area (Å²) in [5.74, 6) is -0.268. The molecule has 0 bridgehead atoms. The lowest BCUT2D eigenvalue weighted by Crippen LogP contribution is -2.47. The maximum absolute atomic E-state index is 12.6. The molecule has 1 amide bonds. The number of fused-ring (bicyclic) bond motifs is 1. The highest BCUT2D eigenvalue weighted by Gasteiger charge is 2.28. The Hall–Kier alpha value is -1.41. The van der Waals surface area contributed by atoms with E-state index in [0.717, 1.165) is 20.3 Å². The van der Waals surface area contributed by atoms with Crippen molar-refractivity contribution < 1.29 is 4.79 Å². The predicted molar refractivity (Wildman–Crippen MR) is 80.4 cm³/mol. The van der Waals surface area contributed by atoms with Crippen LogP contribution in [0, 0.1) is 6.92 Å². The van der Waals surface area contributed by atoms with E-state index in [9.17, 15) is 14.4 Å². The van der Waals surface area contributed by atoms with Gasteiger partial charge in [-0.1, -0.05) is 0 Å². The molecule has 0 spiro atoms. The van der Waals surface area contributed by atoms with Gasteiger partial charge in [-0.15, -0.1) is 11.3 Å². The summed E-state index contributed by atoms with van der Waals surface area (Å²) in [5, 5.41) is 3.17. The number of aromatic nitrogens is 2. The van der Waals surface area contributed by atoms with Gasteiger partial charge in [0, 0.05) is 6.54 Å². The lowest BCUT2D eigenvalue weighted by molar-refractivity contribution is -0.126. The molecule has 0 saturated carbocycles. The van der Waals surface area contributed by atoms with Crippen LogP contribution in [-0.4, -0.2) is 22.0 Å². The Labute approximate surface area is 125 Å². The average molecular weight is 358 g/mol. The molecule has 0 aromatic carbocycles. The zero-order chi connectivity index (χ0) is 14.4. The lowest BCUT2D eigenvalue weighted by atomic mass is 10.1. The van der Waals surface area contributed by atoms with Crippen LogP contribution in [0.3, 0.4) is 0 Å². The minimum Gasteiger partial charge on any atom is -0.354 e. The Balaban J connectivity index is 2.31. The summed E-state index contributed by atoms with van der Waals surface area (Å²) in [6.45, 7) is 2.40. The van der Waals surface area contributed by atoms with Crippen LogP contribution in [0.5, 0.6) is 0 Å². The lowest BCUT2D eigenvalue weighted by Gasteiger charge is -2.22. The van der Waals surface area contributed by atoms with Crippen LogP contribution >= 0.6 is 27.3 Å². The molecule has 0 aliphatic carbocycles. The highest BCUT2D eigenvalue weighted by Crippen LogP contribution is 2.31. The standard InChI is InChI=1S/C12H12BrN3O3S/c1-5-7-10(20-8(5)13)15-12(19)16(11(7)18)6-3-2-4-14-9(6)17/h6H,2-4H2,1H3,(H,14,17)(H,15,19). The van der Waals surface area contributed by atoms with Crippen molar-refractivity contribution >= 4 is 43.4 Å². The van der Waals surface area contributed by atoms with Crippen LogP contribution < -0.4 is 16.6 Å². The number of hydrogen-bond acceptors (Lipinski definition) is 4. The minimum atomic E-state index is -0.720. The summed E-state index contributed by atoms with van der Waals surface area (Å²) >= 11 is 4.68. The number of carbonyl (C=O) groups excluding carboxylic acids is 1. The summed E-state index contributed by atoms with van der Waals surface area (Å²) in [6, 6.07) is -0.720. The first kappa shape index (κ1) is 13.6. The molecule has 1 aliphatic rings. The van der Waals surface area contributed by atoms with Gasteiger partial charge in [-0.05, 0) is 41.3 Å². The number of H-pyrrole nitrogens is 1. The third-order valence-corrected chi connectivity index (χ3v) is 5.60. The number of rotatable bonds is 1. The van der Waals surface area contributed by atoms with Crippen LogP contribution in [0.25, 0.3) is 10.2 Å². The molecule has 3 heterocycles. The van der Waals surface area contributed by atoms with Crippen LogP contribution in [0.2, 0.25) is 0 Å². The third kappa shape index (κ3) is 1.94. The fourth-order valence-corrected chi connectivity index (χ4v) is 4.09. The van der Waals surface area contributed by atoms with Gasteiger partial charge in [0.2, 0.25) is 5.91 Å². The van der Waals surface area contributed by atoms with Crippen LogP contribution in [0.1, 0.15) is 24.4 Å².